The van der Waals surface area contributed by atoms with Gasteiger partial charge in [0.2, 0.25) is 5.91 Å². The highest BCUT2D eigenvalue weighted by Crippen LogP contribution is 2.53. The lowest BCUT2D eigenvalue weighted by Gasteiger charge is -2.36. The summed E-state index contributed by atoms with van der Waals surface area (Å²) >= 11 is 6.71. The summed E-state index contributed by atoms with van der Waals surface area (Å²) < 4.78 is 25.5. The van der Waals surface area contributed by atoms with E-state index in [1.807, 2.05) is 42.5 Å². The average molecular weight is 404 g/mol. The molecular weight excluding hydrogens is 385 g/mol. The number of hydrogen-bond donors (Lipinski definition) is 1. The number of hydrogen-bond acceptors (Lipinski definition) is 2. The van der Waals surface area contributed by atoms with Gasteiger partial charge in [-0.05, 0) is 42.2 Å². The maximum Gasteiger partial charge on any atom is 0.245 e. The van der Waals surface area contributed by atoms with Crippen LogP contribution in [0.5, 0.6) is 0 Å². The molecule has 3 nitrogen and oxygen atoms in total. The summed E-state index contributed by atoms with van der Waals surface area (Å²) in [5.41, 5.74) is 1.37. The van der Waals surface area contributed by atoms with Gasteiger partial charge in [-0.15, -0.1) is 11.6 Å². The SMILES string of the molecule is O=C(Nc1ccc(F)cc1)[C@@]1(S(=O)Cc2ccccc2)[C@@H]2C=C[C@@H](C2)[C@@H]1Cl. The van der Waals surface area contributed by atoms with Crippen LogP contribution in [-0.4, -0.2) is 20.2 Å². The minimum Gasteiger partial charge on any atom is -0.325 e. The highest BCUT2D eigenvalue weighted by molar-refractivity contribution is 7.86. The van der Waals surface area contributed by atoms with Crippen molar-refractivity contribution in [2.45, 2.75) is 22.3 Å². The molecule has 4 rings (SSSR count). The van der Waals surface area contributed by atoms with E-state index in [0.29, 0.717) is 5.69 Å². The Hall–Kier alpha value is -1.98. The molecule has 27 heavy (non-hydrogen) atoms. The molecule has 1 N–H and O–H groups in total. The van der Waals surface area contributed by atoms with Crippen molar-refractivity contribution in [3.05, 3.63) is 78.1 Å². The normalized spacial score (nSPS) is 29.6. The fraction of sp³-hybridized carbons (Fsp3) is 0.286. The molecule has 2 aliphatic rings. The first-order valence-electron chi connectivity index (χ1n) is 8.83. The number of fused-ring (bicyclic) bond motifs is 2. The van der Waals surface area contributed by atoms with Gasteiger partial charge in [0, 0.05) is 28.2 Å². The Bertz CT molecular complexity index is 902. The van der Waals surface area contributed by atoms with E-state index in [1.54, 1.807) is 0 Å². The van der Waals surface area contributed by atoms with Crippen molar-refractivity contribution in [3.8, 4) is 0 Å². The number of carbonyl (C=O) groups is 1. The summed E-state index contributed by atoms with van der Waals surface area (Å²) in [6.45, 7) is 0. The number of amides is 1. The van der Waals surface area contributed by atoms with E-state index >= 15 is 0 Å². The molecular formula is C21H19ClFNO2S. The van der Waals surface area contributed by atoms with Gasteiger partial charge in [0.15, 0.2) is 0 Å². The fourth-order valence-electron chi connectivity index (χ4n) is 4.08. The number of anilines is 1. The third-order valence-corrected chi connectivity index (χ3v) is 8.32. The number of rotatable bonds is 5. The molecule has 1 saturated carbocycles. The fourth-order valence-corrected chi connectivity index (χ4v) is 6.76. The first-order valence-corrected chi connectivity index (χ1v) is 10.6. The predicted octanol–water partition coefficient (Wildman–Crippen LogP) is 4.27. The monoisotopic (exact) mass is 403 g/mol. The molecule has 2 bridgehead atoms. The molecule has 2 aromatic rings. The van der Waals surface area contributed by atoms with Crippen LogP contribution in [0.3, 0.4) is 0 Å². The molecule has 2 aromatic carbocycles. The second-order valence-corrected chi connectivity index (χ2v) is 9.15. The van der Waals surface area contributed by atoms with Crippen LogP contribution in [0, 0.1) is 17.7 Å². The van der Waals surface area contributed by atoms with Gasteiger partial charge in [-0.25, -0.2) is 4.39 Å². The Morgan fingerprint density at radius 1 is 1.15 bits per heavy atom. The molecule has 0 spiro atoms. The Balaban J connectivity index is 1.67. The number of benzene rings is 2. The Morgan fingerprint density at radius 3 is 2.48 bits per heavy atom. The maximum atomic E-state index is 13.5. The van der Waals surface area contributed by atoms with Crippen LogP contribution in [-0.2, 0) is 21.3 Å². The lowest BCUT2D eigenvalue weighted by Crippen LogP contribution is -2.56. The molecule has 6 heteroatoms. The highest BCUT2D eigenvalue weighted by atomic mass is 35.5. The van der Waals surface area contributed by atoms with Crippen LogP contribution in [0.2, 0.25) is 0 Å². The number of carbonyl (C=O) groups excluding carboxylic acids is 1. The predicted molar refractivity (Wildman–Crippen MR) is 106 cm³/mol. The first-order chi connectivity index (χ1) is 13.0. The molecule has 1 unspecified atom stereocenters. The molecule has 5 atom stereocenters. The van der Waals surface area contributed by atoms with E-state index in [-0.39, 0.29) is 29.3 Å². The Kier molecular flexibility index (Phi) is 4.91. The van der Waals surface area contributed by atoms with Crippen LogP contribution in [0.1, 0.15) is 12.0 Å². The van der Waals surface area contributed by atoms with Gasteiger partial charge in [0.25, 0.3) is 0 Å². The van der Waals surface area contributed by atoms with Gasteiger partial charge in [-0.1, -0.05) is 42.5 Å². The minimum absolute atomic E-state index is 0.0374. The van der Waals surface area contributed by atoms with E-state index in [9.17, 15) is 13.4 Å². The van der Waals surface area contributed by atoms with Crippen LogP contribution >= 0.6 is 11.6 Å². The largest absolute Gasteiger partial charge is 0.325 e. The van der Waals surface area contributed by atoms with Gasteiger partial charge >= 0.3 is 0 Å². The average Bonchev–Trinajstić information content (AvgIpc) is 3.25. The van der Waals surface area contributed by atoms with E-state index in [0.717, 1.165) is 12.0 Å². The van der Waals surface area contributed by atoms with Crippen molar-refractivity contribution in [1.82, 2.24) is 0 Å². The zero-order chi connectivity index (χ0) is 19.0. The lowest BCUT2D eigenvalue weighted by atomic mass is 9.91. The van der Waals surface area contributed by atoms with Gasteiger partial charge < -0.3 is 5.32 Å². The number of halogens is 2. The molecule has 0 aliphatic heterocycles. The zero-order valence-corrected chi connectivity index (χ0v) is 16.1. The summed E-state index contributed by atoms with van der Waals surface area (Å²) in [6, 6.07) is 15.0. The topological polar surface area (TPSA) is 46.2 Å². The van der Waals surface area contributed by atoms with Crippen molar-refractivity contribution in [2.75, 3.05) is 5.32 Å². The number of nitrogens with one attached hydrogen (secondary N) is 1. The van der Waals surface area contributed by atoms with Crippen molar-refractivity contribution in [3.63, 3.8) is 0 Å². The second-order valence-electron chi connectivity index (χ2n) is 7.02. The summed E-state index contributed by atoms with van der Waals surface area (Å²) in [4.78, 5) is 13.3. The van der Waals surface area contributed by atoms with Gasteiger partial charge in [-0.3, -0.25) is 9.00 Å². The summed E-state index contributed by atoms with van der Waals surface area (Å²) in [5, 5.41) is 2.27. The van der Waals surface area contributed by atoms with Crippen LogP contribution < -0.4 is 5.32 Å². The molecule has 1 fully saturated rings. The van der Waals surface area contributed by atoms with Crippen LogP contribution in [0.4, 0.5) is 10.1 Å². The van der Waals surface area contributed by atoms with Gasteiger partial charge in [-0.2, -0.15) is 0 Å². The molecule has 0 heterocycles. The van der Waals surface area contributed by atoms with Crippen molar-refractivity contribution in [2.24, 2.45) is 11.8 Å². The third kappa shape index (κ3) is 3.13. The first kappa shape index (κ1) is 18.4. The third-order valence-electron chi connectivity index (χ3n) is 5.43. The van der Waals surface area contributed by atoms with Crippen molar-refractivity contribution >= 4 is 34.0 Å². The smallest absolute Gasteiger partial charge is 0.245 e. The molecule has 140 valence electrons. The second kappa shape index (κ2) is 7.21. The standard InChI is InChI=1S/C21H19ClFNO2S/c22-19-15-6-7-16(12-15)21(19,27(26)13-14-4-2-1-3-5-14)20(25)24-18-10-8-17(23)9-11-18/h1-11,15-16,19H,12-13H2,(H,24,25)/t15-,16+,19-,21+,27?/m0/s1. The van der Waals surface area contributed by atoms with E-state index in [1.165, 1.54) is 24.3 Å². The van der Waals surface area contributed by atoms with Gasteiger partial charge in [0.1, 0.15) is 10.6 Å². The van der Waals surface area contributed by atoms with E-state index < -0.39 is 20.9 Å². The van der Waals surface area contributed by atoms with E-state index in [2.05, 4.69) is 5.32 Å². The minimum atomic E-state index is -1.51. The Labute approximate surface area is 165 Å². The van der Waals surface area contributed by atoms with Crippen LogP contribution in [0.15, 0.2) is 66.7 Å². The number of alkyl halides is 1. The maximum absolute atomic E-state index is 13.5. The number of allylic oxidation sites excluding steroid dienone is 2. The van der Waals surface area contributed by atoms with E-state index in [4.69, 9.17) is 11.6 Å². The Morgan fingerprint density at radius 2 is 1.85 bits per heavy atom. The van der Waals surface area contributed by atoms with Gasteiger partial charge in [0.05, 0.1) is 5.38 Å². The molecule has 0 aromatic heterocycles. The lowest BCUT2D eigenvalue weighted by molar-refractivity contribution is -0.119. The van der Waals surface area contributed by atoms with Crippen molar-refractivity contribution in [1.29, 1.82) is 0 Å². The van der Waals surface area contributed by atoms with Crippen LogP contribution in [0.25, 0.3) is 0 Å². The summed E-state index contributed by atoms with van der Waals surface area (Å²) in [6.07, 6.45) is 4.72. The molecule has 0 saturated heterocycles. The quantitative estimate of drug-likeness (QED) is 0.598. The van der Waals surface area contributed by atoms with Crippen molar-refractivity contribution < 1.29 is 13.4 Å². The summed E-state index contributed by atoms with van der Waals surface area (Å²) in [5.74, 6) is -0.614. The molecule has 1 amide bonds. The molecule has 2 aliphatic carbocycles. The molecule has 0 radical (unpaired) electrons. The summed E-state index contributed by atoms with van der Waals surface area (Å²) in [7, 11) is -1.51. The zero-order valence-electron chi connectivity index (χ0n) is 14.5. The highest BCUT2D eigenvalue weighted by Gasteiger charge is 2.63.